The summed E-state index contributed by atoms with van der Waals surface area (Å²) >= 11 is 0. The van der Waals surface area contributed by atoms with Crippen LogP contribution < -0.4 is 0 Å². The Bertz CT molecular complexity index is 555. The summed E-state index contributed by atoms with van der Waals surface area (Å²) in [6.45, 7) is 0. The van der Waals surface area contributed by atoms with Gasteiger partial charge in [0.25, 0.3) is 0 Å². The molecule has 2 aromatic rings. The maximum atomic E-state index is 13.0. The van der Waals surface area contributed by atoms with Crippen molar-refractivity contribution in [2.24, 2.45) is 0 Å². The van der Waals surface area contributed by atoms with E-state index in [1.54, 1.807) is 24.5 Å². The van der Waals surface area contributed by atoms with Gasteiger partial charge in [0.1, 0.15) is 5.78 Å². The van der Waals surface area contributed by atoms with Crippen LogP contribution in [0, 0.1) is 11.6 Å². The van der Waals surface area contributed by atoms with Crippen LogP contribution in [0.2, 0.25) is 0 Å². The minimum absolute atomic E-state index is 0.0489. The van der Waals surface area contributed by atoms with Gasteiger partial charge in [-0.1, -0.05) is 6.07 Å². The molecule has 0 saturated heterocycles. The van der Waals surface area contributed by atoms with E-state index in [-0.39, 0.29) is 18.6 Å². The van der Waals surface area contributed by atoms with E-state index in [4.69, 9.17) is 0 Å². The molecule has 1 aromatic carbocycles. The van der Waals surface area contributed by atoms with E-state index in [0.717, 1.165) is 17.7 Å². The lowest BCUT2D eigenvalue weighted by atomic mass is 10.0. The Morgan fingerprint density at radius 1 is 0.944 bits per heavy atom. The number of hydrogen-bond donors (Lipinski definition) is 0. The zero-order chi connectivity index (χ0) is 13.0. The number of hydrogen-bond acceptors (Lipinski definition) is 2. The second kappa shape index (κ2) is 5.49. The number of rotatable bonds is 4. The van der Waals surface area contributed by atoms with Crippen LogP contribution >= 0.6 is 0 Å². The number of Topliss-reactive ketones (excluding diaryl/α,β-unsaturated/α-hetero) is 1. The molecule has 0 amide bonds. The van der Waals surface area contributed by atoms with Crippen LogP contribution in [0.1, 0.15) is 11.1 Å². The molecule has 1 aromatic heterocycles. The number of ketones is 1. The minimum atomic E-state index is -0.927. The number of nitrogens with zero attached hydrogens (tertiary/aromatic N) is 1. The van der Waals surface area contributed by atoms with E-state index >= 15 is 0 Å². The third-order valence-electron chi connectivity index (χ3n) is 2.54. The highest BCUT2D eigenvalue weighted by molar-refractivity contribution is 5.83. The highest BCUT2D eigenvalue weighted by atomic mass is 19.2. The highest BCUT2D eigenvalue weighted by Gasteiger charge is 2.08. The van der Waals surface area contributed by atoms with E-state index in [0.29, 0.717) is 5.56 Å². The van der Waals surface area contributed by atoms with E-state index in [1.165, 1.54) is 6.07 Å². The van der Waals surface area contributed by atoms with Crippen LogP contribution in [-0.4, -0.2) is 10.8 Å². The fourth-order valence-electron chi connectivity index (χ4n) is 1.67. The molecule has 1 heterocycles. The topological polar surface area (TPSA) is 30.0 Å². The molecule has 0 aliphatic rings. The summed E-state index contributed by atoms with van der Waals surface area (Å²) in [7, 11) is 0. The Hall–Kier alpha value is -2.10. The summed E-state index contributed by atoms with van der Waals surface area (Å²) in [6.07, 6.45) is 3.58. The summed E-state index contributed by atoms with van der Waals surface area (Å²) < 4.78 is 25.7. The van der Waals surface area contributed by atoms with Gasteiger partial charge >= 0.3 is 0 Å². The Morgan fingerprint density at radius 3 is 2.28 bits per heavy atom. The second-order valence-corrected chi connectivity index (χ2v) is 4.00. The molecule has 4 heteroatoms. The first-order chi connectivity index (χ1) is 8.65. The van der Waals surface area contributed by atoms with E-state index in [1.807, 2.05) is 0 Å². The lowest BCUT2D eigenvalue weighted by Gasteiger charge is -2.02. The number of aromatic nitrogens is 1. The molecule has 0 spiro atoms. The van der Waals surface area contributed by atoms with Crippen molar-refractivity contribution in [2.45, 2.75) is 12.8 Å². The van der Waals surface area contributed by atoms with Crippen LogP contribution in [-0.2, 0) is 17.6 Å². The normalized spacial score (nSPS) is 10.3. The molecule has 2 rings (SSSR count). The highest BCUT2D eigenvalue weighted by Crippen LogP contribution is 2.10. The molecule has 0 atom stereocenters. The minimum Gasteiger partial charge on any atom is -0.299 e. The number of pyridine rings is 1. The summed E-state index contributed by atoms with van der Waals surface area (Å²) in [4.78, 5) is 15.6. The van der Waals surface area contributed by atoms with Gasteiger partial charge in [0.2, 0.25) is 0 Å². The SMILES string of the molecule is O=C(Cc1ccncc1)Cc1ccc(F)c(F)c1. The van der Waals surface area contributed by atoms with Crippen molar-refractivity contribution in [1.29, 1.82) is 0 Å². The molecular formula is C14H11F2NO. The first-order valence-corrected chi connectivity index (χ1v) is 5.49. The van der Waals surface area contributed by atoms with Crippen LogP contribution in [0.15, 0.2) is 42.7 Å². The van der Waals surface area contributed by atoms with E-state index in [2.05, 4.69) is 4.98 Å². The van der Waals surface area contributed by atoms with Crippen molar-refractivity contribution >= 4 is 5.78 Å². The van der Waals surface area contributed by atoms with Gasteiger partial charge in [-0.25, -0.2) is 8.78 Å². The quantitative estimate of drug-likeness (QED) is 0.831. The lowest BCUT2D eigenvalue weighted by molar-refractivity contribution is -0.117. The Labute approximate surface area is 103 Å². The standard InChI is InChI=1S/C14H11F2NO/c15-13-2-1-11(9-14(13)16)8-12(18)7-10-3-5-17-6-4-10/h1-6,9H,7-8H2. The van der Waals surface area contributed by atoms with Crippen molar-refractivity contribution in [3.8, 4) is 0 Å². The van der Waals surface area contributed by atoms with E-state index in [9.17, 15) is 13.6 Å². The van der Waals surface area contributed by atoms with Crippen molar-refractivity contribution in [3.63, 3.8) is 0 Å². The zero-order valence-corrected chi connectivity index (χ0v) is 9.57. The number of carbonyl (C=O) groups excluding carboxylic acids is 1. The summed E-state index contributed by atoms with van der Waals surface area (Å²) in [5.74, 6) is -1.88. The van der Waals surface area contributed by atoms with Gasteiger partial charge < -0.3 is 0 Å². The summed E-state index contributed by atoms with van der Waals surface area (Å²) in [6, 6.07) is 7.01. The second-order valence-electron chi connectivity index (χ2n) is 4.00. The molecule has 0 saturated carbocycles. The number of halogens is 2. The zero-order valence-electron chi connectivity index (χ0n) is 9.57. The monoisotopic (exact) mass is 247 g/mol. The van der Waals surface area contributed by atoms with Gasteiger partial charge in [-0.15, -0.1) is 0 Å². The molecule has 0 unspecified atom stereocenters. The fourth-order valence-corrected chi connectivity index (χ4v) is 1.67. The number of carbonyl (C=O) groups is 1. The molecule has 18 heavy (non-hydrogen) atoms. The van der Waals surface area contributed by atoms with Gasteiger partial charge in [-0.05, 0) is 35.4 Å². The average molecular weight is 247 g/mol. The van der Waals surface area contributed by atoms with Crippen LogP contribution in [0.4, 0.5) is 8.78 Å². The Kier molecular flexibility index (Phi) is 3.77. The van der Waals surface area contributed by atoms with Crippen molar-refractivity contribution in [3.05, 3.63) is 65.5 Å². The van der Waals surface area contributed by atoms with Crippen molar-refractivity contribution in [2.75, 3.05) is 0 Å². The summed E-state index contributed by atoms with van der Waals surface area (Å²) in [5, 5.41) is 0. The number of benzene rings is 1. The maximum Gasteiger partial charge on any atom is 0.159 e. The smallest absolute Gasteiger partial charge is 0.159 e. The van der Waals surface area contributed by atoms with Crippen LogP contribution in [0.25, 0.3) is 0 Å². The molecule has 0 aliphatic carbocycles. The van der Waals surface area contributed by atoms with Gasteiger partial charge in [0.05, 0.1) is 0 Å². The fraction of sp³-hybridized carbons (Fsp3) is 0.143. The first kappa shape index (κ1) is 12.4. The third-order valence-corrected chi connectivity index (χ3v) is 2.54. The molecular weight excluding hydrogens is 236 g/mol. The largest absolute Gasteiger partial charge is 0.299 e. The Balaban J connectivity index is 2.01. The maximum absolute atomic E-state index is 13.0. The molecule has 0 fully saturated rings. The molecule has 0 aliphatic heterocycles. The predicted molar refractivity (Wildman–Crippen MR) is 63.0 cm³/mol. The summed E-state index contributed by atoms with van der Waals surface area (Å²) in [5.41, 5.74) is 1.34. The molecule has 2 nitrogen and oxygen atoms in total. The first-order valence-electron chi connectivity index (χ1n) is 5.49. The van der Waals surface area contributed by atoms with Crippen molar-refractivity contribution in [1.82, 2.24) is 4.98 Å². The molecule has 0 radical (unpaired) electrons. The van der Waals surface area contributed by atoms with Gasteiger partial charge in [0.15, 0.2) is 11.6 Å². The molecule has 0 bridgehead atoms. The molecule has 0 N–H and O–H groups in total. The van der Waals surface area contributed by atoms with Gasteiger partial charge in [-0.2, -0.15) is 0 Å². The van der Waals surface area contributed by atoms with Crippen LogP contribution in [0.3, 0.4) is 0 Å². The molecule has 92 valence electrons. The van der Waals surface area contributed by atoms with E-state index < -0.39 is 11.6 Å². The average Bonchev–Trinajstić information content (AvgIpc) is 2.35. The van der Waals surface area contributed by atoms with Crippen molar-refractivity contribution < 1.29 is 13.6 Å². The van der Waals surface area contributed by atoms with Gasteiger partial charge in [-0.3, -0.25) is 9.78 Å². The third kappa shape index (κ3) is 3.20. The van der Waals surface area contributed by atoms with Crippen LogP contribution in [0.5, 0.6) is 0 Å². The lowest BCUT2D eigenvalue weighted by Crippen LogP contribution is -2.07. The Morgan fingerprint density at radius 2 is 1.61 bits per heavy atom. The predicted octanol–water partition coefficient (Wildman–Crippen LogP) is 2.71. The van der Waals surface area contributed by atoms with Gasteiger partial charge in [0, 0.05) is 25.2 Å².